The van der Waals surface area contributed by atoms with E-state index in [0.29, 0.717) is 13.1 Å². The highest BCUT2D eigenvalue weighted by molar-refractivity contribution is 7.89. The Balaban J connectivity index is 3.03. The van der Waals surface area contributed by atoms with Crippen LogP contribution in [0.3, 0.4) is 0 Å². The van der Waals surface area contributed by atoms with Gasteiger partial charge in [0.1, 0.15) is 5.75 Å². The minimum atomic E-state index is -3.54. The van der Waals surface area contributed by atoms with Crippen LogP contribution in [-0.2, 0) is 10.0 Å². The quantitative estimate of drug-likeness (QED) is 0.571. The van der Waals surface area contributed by atoms with Crippen molar-refractivity contribution in [2.45, 2.75) is 44.4 Å². The van der Waals surface area contributed by atoms with Crippen molar-refractivity contribution < 1.29 is 13.5 Å². The zero-order valence-electron chi connectivity index (χ0n) is 12.2. The number of rotatable bonds is 8. The van der Waals surface area contributed by atoms with Crippen LogP contribution in [-0.4, -0.2) is 30.9 Å². The summed E-state index contributed by atoms with van der Waals surface area (Å²) in [4.78, 5) is 0.139. The van der Waals surface area contributed by atoms with Crippen molar-refractivity contribution in [2.75, 3.05) is 18.8 Å². The largest absolute Gasteiger partial charge is 0.506 e. The monoisotopic (exact) mass is 300 g/mol. The molecule has 0 fully saturated rings. The number of nitrogens with two attached hydrogens (primary N) is 1. The first-order valence-corrected chi connectivity index (χ1v) is 8.46. The smallest absolute Gasteiger partial charge is 0.243 e. The van der Waals surface area contributed by atoms with Crippen molar-refractivity contribution in [1.82, 2.24) is 4.31 Å². The second-order valence-electron chi connectivity index (χ2n) is 4.83. The summed E-state index contributed by atoms with van der Waals surface area (Å²) in [6.45, 7) is 5.09. The maximum atomic E-state index is 12.6. The van der Waals surface area contributed by atoms with Crippen molar-refractivity contribution in [3.05, 3.63) is 18.2 Å². The molecule has 1 aromatic rings. The van der Waals surface area contributed by atoms with Crippen molar-refractivity contribution in [1.29, 1.82) is 0 Å². The lowest BCUT2D eigenvalue weighted by Crippen LogP contribution is -2.33. The number of unbranched alkanes of at least 4 members (excludes halogenated alkanes) is 2. The van der Waals surface area contributed by atoms with E-state index >= 15 is 0 Å². The zero-order valence-corrected chi connectivity index (χ0v) is 13.0. The van der Waals surface area contributed by atoms with Gasteiger partial charge in [0.15, 0.2) is 0 Å². The van der Waals surface area contributed by atoms with Gasteiger partial charge in [-0.25, -0.2) is 8.42 Å². The van der Waals surface area contributed by atoms with Crippen LogP contribution >= 0.6 is 0 Å². The fraction of sp³-hybridized carbons (Fsp3) is 0.571. The van der Waals surface area contributed by atoms with Gasteiger partial charge in [-0.05, 0) is 31.0 Å². The molecule has 6 heteroatoms. The van der Waals surface area contributed by atoms with Gasteiger partial charge in [0.2, 0.25) is 10.0 Å². The summed E-state index contributed by atoms with van der Waals surface area (Å²) in [7, 11) is -3.54. The van der Waals surface area contributed by atoms with Gasteiger partial charge >= 0.3 is 0 Å². The molecular formula is C14H24N2O3S. The third-order valence-corrected chi connectivity index (χ3v) is 5.05. The predicted molar refractivity (Wildman–Crippen MR) is 81.1 cm³/mol. The van der Waals surface area contributed by atoms with Gasteiger partial charge in [0, 0.05) is 13.1 Å². The van der Waals surface area contributed by atoms with Gasteiger partial charge in [0.05, 0.1) is 10.6 Å². The van der Waals surface area contributed by atoms with Crippen LogP contribution in [0.4, 0.5) is 5.69 Å². The van der Waals surface area contributed by atoms with Crippen LogP contribution in [0.1, 0.15) is 39.5 Å². The molecule has 0 aliphatic rings. The average Bonchev–Trinajstić information content (AvgIpc) is 2.41. The first-order chi connectivity index (χ1) is 9.43. The van der Waals surface area contributed by atoms with E-state index in [0.717, 1.165) is 25.7 Å². The van der Waals surface area contributed by atoms with Crippen LogP contribution in [0.2, 0.25) is 0 Å². The summed E-state index contributed by atoms with van der Waals surface area (Å²) in [6.07, 6.45) is 3.54. The fourth-order valence-corrected chi connectivity index (χ4v) is 3.42. The van der Waals surface area contributed by atoms with Gasteiger partial charge in [-0.1, -0.05) is 26.7 Å². The SMILES string of the molecule is CCCCN(CCCC)S(=O)(=O)c1ccc(O)c(N)c1. The fourth-order valence-electron chi connectivity index (χ4n) is 1.86. The summed E-state index contributed by atoms with van der Waals surface area (Å²) in [5, 5.41) is 9.40. The average molecular weight is 300 g/mol. The number of aromatic hydroxyl groups is 1. The Hall–Kier alpha value is -1.27. The number of hydrogen-bond acceptors (Lipinski definition) is 4. The van der Waals surface area contributed by atoms with E-state index in [2.05, 4.69) is 0 Å². The van der Waals surface area contributed by atoms with E-state index in [1.54, 1.807) is 0 Å². The summed E-state index contributed by atoms with van der Waals surface area (Å²) in [6, 6.07) is 4.03. The zero-order chi connectivity index (χ0) is 15.2. The van der Waals surface area contributed by atoms with Crippen molar-refractivity contribution in [3.8, 4) is 5.75 Å². The lowest BCUT2D eigenvalue weighted by atomic mass is 10.3. The number of anilines is 1. The van der Waals surface area contributed by atoms with Crippen LogP contribution in [0.25, 0.3) is 0 Å². The van der Waals surface area contributed by atoms with Gasteiger partial charge in [-0.15, -0.1) is 0 Å². The highest BCUT2D eigenvalue weighted by Gasteiger charge is 2.24. The second kappa shape index (κ2) is 7.50. The molecule has 0 saturated heterocycles. The highest BCUT2D eigenvalue weighted by Crippen LogP contribution is 2.25. The molecule has 0 aliphatic carbocycles. The van der Waals surface area contributed by atoms with Gasteiger partial charge in [0.25, 0.3) is 0 Å². The van der Waals surface area contributed by atoms with Crippen LogP contribution < -0.4 is 5.73 Å². The number of sulfonamides is 1. The Kier molecular flexibility index (Phi) is 6.29. The van der Waals surface area contributed by atoms with E-state index in [1.165, 1.54) is 22.5 Å². The van der Waals surface area contributed by atoms with Crippen LogP contribution in [0.5, 0.6) is 5.75 Å². The molecule has 1 aromatic carbocycles. The van der Waals surface area contributed by atoms with Gasteiger partial charge in [-0.2, -0.15) is 4.31 Å². The number of hydrogen-bond donors (Lipinski definition) is 2. The van der Waals surface area contributed by atoms with E-state index in [4.69, 9.17) is 5.73 Å². The van der Waals surface area contributed by atoms with E-state index < -0.39 is 10.0 Å². The lowest BCUT2D eigenvalue weighted by molar-refractivity contribution is 0.395. The molecule has 0 aromatic heterocycles. The first kappa shape index (κ1) is 16.8. The topological polar surface area (TPSA) is 83.6 Å². The molecule has 3 N–H and O–H groups in total. The van der Waals surface area contributed by atoms with Gasteiger partial charge < -0.3 is 10.8 Å². The highest BCUT2D eigenvalue weighted by atomic mass is 32.2. The molecule has 20 heavy (non-hydrogen) atoms. The Bertz CT molecular complexity index is 521. The lowest BCUT2D eigenvalue weighted by Gasteiger charge is -2.22. The van der Waals surface area contributed by atoms with Crippen molar-refractivity contribution in [3.63, 3.8) is 0 Å². The standard InChI is InChI=1S/C14H24N2O3S/c1-3-5-9-16(10-6-4-2)20(18,19)12-7-8-14(17)13(15)11-12/h7-8,11,17H,3-6,9-10,15H2,1-2H3. The number of benzene rings is 1. The number of nitrogens with zero attached hydrogens (tertiary/aromatic N) is 1. The minimum Gasteiger partial charge on any atom is -0.506 e. The molecule has 0 aliphatic heterocycles. The molecule has 1 rings (SSSR count). The predicted octanol–water partition coefficient (Wildman–Crippen LogP) is 2.57. The van der Waals surface area contributed by atoms with Crippen molar-refractivity contribution >= 4 is 15.7 Å². The summed E-state index contributed by atoms with van der Waals surface area (Å²) in [5.41, 5.74) is 5.67. The molecule has 0 radical (unpaired) electrons. The Morgan fingerprint density at radius 1 is 1.15 bits per heavy atom. The van der Waals surface area contributed by atoms with E-state index in [1.807, 2.05) is 13.8 Å². The summed E-state index contributed by atoms with van der Waals surface area (Å²) in [5.74, 6) is -0.0994. The molecule has 0 bridgehead atoms. The number of phenols is 1. The third kappa shape index (κ3) is 4.11. The maximum Gasteiger partial charge on any atom is 0.243 e. The summed E-state index contributed by atoms with van der Waals surface area (Å²) < 4.78 is 26.7. The molecule has 0 spiro atoms. The normalized spacial score (nSPS) is 11.9. The molecular weight excluding hydrogens is 276 g/mol. The first-order valence-electron chi connectivity index (χ1n) is 7.02. The molecule has 0 atom stereocenters. The number of phenolic OH excluding ortho intramolecular Hbond substituents is 1. The molecule has 0 unspecified atom stereocenters. The molecule has 5 nitrogen and oxygen atoms in total. The second-order valence-corrected chi connectivity index (χ2v) is 6.77. The van der Waals surface area contributed by atoms with Crippen molar-refractivity contribution in [2.24, 2.45) is 0 Å². The Labute approximate surface area is 121 Å². The molecule has 0 amide bonds. The maximum absolute atomic E-state index is 12.6. The van der Waals surface area contributed by atoms with Gasteiger partial charge in [-0.3, -0.25) is 0 Å². The number of nitrogen functional groups attached to an aromatic ring is 1. The van der Waals surface area contributed by atoms with E-state index in [9.17, 15) is 13.5 Å². The Morgan fingerprint density at radius 3 is 2.15 bits per heavy atom. The third-order valence-electron chi connectivity index (χ3n) is 3.16. The minimum absolute atomic E-state index is 0.0806. The molecule has 114 valence electrons. The van der Waals surface area contributed by atoms with Crippen LogP contribution in [0.15, 0.2) is 23.1 Å². The van der Waals surface area contributed by atoms with E-state index in [-0.39, 0.29) is 16.3 Å². The molecule has 0 heterocycles. The summed E-state index contributed by atoms with van der Waals surface area (Å²) >= 11 is 0. The van der Waals surface area contributed by atoms with Crippen LogP contribution in [0, 0.1) is 0 Å². The molecule has 0 saturated carbocycles. The Morgan fingerprint density at radius 2 is 1.70 bits per heavy atom.